The molecule has 0 atom stereocenters. The summed E-state index contributed by atoms with van der Waals surface area (Å²) in [4.78, 5) is 10.3. The molecule has 0 amide bonds. The van der Waals surface area contributed by atoms with Crippen molar-refractivity contribution >= 4 is 12.0 Å². The molecule has 1 rings (SSSR count). The van der Waals surface area contributed by atoms with E-state index in [0.717, 1.165) is 24.3 Å². The average Bonchev–Trinajstić information content (AvgIpc) is 2.33. The van der Waals surface area contributed by atoms with E-state index in [0.29, 0.717) is 0 Å². The van der Waals surface area contributed by atoms with Gasteiger partial charge in [-0.1, -0.05) is 6.07 Å². The van der Waals surface area contributed by atoms with Gasteiger partial charge in [-0.05, 0) is 23.8 Å². The van der Waals surface area contributed by atoms with Crippen LogP contribution in [0.4, 0.5) is 13.2 Å². The minimum Gasteiger partial charge on any atom is -0.478 e. The van der Waals surface area contributed by atoms with E-state index >= 15 is 0 Å². The molecule has 0 aliphatic rings. The molecule has 0 aliphatic carbocycles. The van der Waals surface area contributed by atoms with Gasteiger partial charge in [0.25, 0.3) is 0 Å². The second-order valence-corrected chi connectivity index (χ2v) is 3.37. The number of nitrogens with zero attached hydrogens (tertiary/aromatic N) is 1. The van der Waals surface area contributed by atoms with Crippen molar-refractivity contribution in [1.29, 1.82) is 5.26 Å². The van der Waals surface area contributed by atoms with Crippen molar-refractivity contribution in [3.05, 3.63) is 35.4 Å². The van der Waals surface area contributed by atoms with Gasteiger partial charge in [0.05, 0.1) is 5.56 Å². The van der Waals surface area contributed by atoms with Crippen molar-refractivity contribution in [2.45, 2.75) is 6.18 Å². The predicted molar refractivity (Wildman–Crippen MR) is 59.2 cm³/mol. The number of nitriles is 1. The van der Waals surface area contributed by atoms with Crippen LogP contribution in [0.3, 0.4) is 0 Å². The van der Waals surface area contributed by atoms with E-state index in [1.54, 1.807) is 6.07 Å². The lowest BCUT2D eigenvalue weighted by molar-refractivity contribution is -0.139. The highest BCUT2D eigenvalue weighted by atomic mass is 19.4. The quantitative estimate of drug-likeness (QED) is 0.855. The van der Waals surface area contributed by atoms with Crippen LogP contribution < -0.4 is 4.74 Å². The van der Waals surface area contributed by atoms with E-state index in [2.05, 4.69) is 4.74 Å². The summed E-state index contributed by atoms with van der Waals surface area (Å²) in [6.07, 6.45) is -2.89. The number of ether oxygens (including phenoxy) is 1. The van der Waals surface area contributed by atoms with Crippen molar-refractivity contribution in [3.8, 4) is 11.8 Å². The molecule has 0 bridgehead atoms. The third-order valence-corrected chi connectivity index (χ3v) is 2.02. The molecule has 0 saturated heterocycles. The van der Waals surface area contributed by atoms with Gasteiger partial charge in [-0.2, -0.15) is 18.4 Å². The van der Waals surface area contributed by atoms with Crippen LogP contribution in [0, 0.1) is 11.3 Å². The van der Waals surface area contributed by atoms with Gasteiger partial charge in [-0.3, -0.25) is 0 Å². The Morgan fingerprint density at radius 3 is 2.68 bits per heavy atom. The maximum Gasteiger partial charge on any atom is 0.419 e. The number of hydrogen-bond acceptors (Lipinski definition) is 3. The molecule has 7 heteroatoms. The fourth-order valence-corrected chi connectivity index (χ4v) is 1.28. The zero-order valence-corrected chi connectivity index (χ0v) is 9.44. The Bertz CT molecular complexity index is 544. The molecule has 1 aromatic rings. The maximum atomic E-state index is 12.8. The van der Waals surface area contributed by atoms with Crippen molar-refractivity contribution in [1.82, 2.24) is 0 Å². The highest BCUT2D eigenvalue weighted by Gasteiger charge is 2.34. The third kappa shape index (κ3) is 4.35. The number of carbonyl (C=O) groups is 1. The van der Waals surface area contributed by atoms with E-state index in [-0.39, 0.29) is 5.56 Å². The summed E-state index contributed by atoms with van der Waals surface area (Å²) in [6.45, 7) is -0.507. The number of benzene rings is 1. The van der Waals surface area contributed by atoms with Gasteiger partial charge in [-0.25, -0.2) is 4.79 Å². The van der Waals surface area contributed by atoms with E-state index in [1.807, 2.05) is 0 Å². The SMILES string of the molecule is N#CCOc1ccc(C=CC(=O)O)cc1C(F)(F)F. The number of rotatable bonds is 4. The molecule has 1 N–H and O–H groups in total. The monoisotopic (exact) mass is 271 g/mol. The highest BCUT2D eigenvalue weighted by molar-refractivity contribution is 5.85. The molecule has 4 nitrogen and oxygen atoms in total. The molecule has 100 valence electrons. The van der Waals surface area contributed by atoms with Gasteiger partial charge >= 0.3 is 12.1 Å². The average molecular weight is 271 g/mol. The first-order valence-electron chi connectivity index (χ1n) is 4.96. The zero-order valence-electron chi connectivity index (χ0n) is 9.44. The molecular weight excluding hydrogens is 263 g/mol. The Morgan fingerprint density at radius 2 is 2.16 bits per heavy atom. The molecule has 0 aliphatic heterocycles. The lowest BCUT2D eigenvalue weighted by Crippen LogP contribution is -2.09. The summed E-state index contributed by atoms with van der Waals surface area (Å²) in [5.41, 5.74) is -0.991. The van der Waals surface area contributed by atoms with E-state index in [4.69, 9.17) is 10.4 Å². The van der Waals surface area contributed by atoms with Crippen LogP contribution in [-0.2, 0) is 11.0 Å². The first-order valence-corrected chi connectivity index (χ1v) is 4.96. The second kappa shape index (κ2) is 5.91. The number of aliphatic carboxylic acids is 1. The summed E-state index contributed by atoms with van der Waals surface area (Å²) in [7, 11) is 0. The standard InChI is InChI=1S/C12H8F3NO3/c13-12(14,15)9-7-8(2-4-11(17)18)1-3-10(9)19-6-5-16/h1-4,7H,6H2,(H,17,18). The molecule has 0 aromatic heterocycles. The minimum atomic E-state index is -4.65. The Morgan fingerprint density at radius 1 is 1.47 bits per heavy atom. The number of alkyl halides is 3. The summed E-state index contributed by atoms with van der Waals surface area (Å²) in [5.74, 6) is -1.74. The first kappa shape index (κ1) is 14.6. The summed E-state index contributed by atoms with van der Waals surface area (Å²) in [5, 5.41) is 16.7. The smallest absolute Gasteiger partial charge is 0.419 e. The van der Waals surface area contributed by atoms with Gasteiger partial charge in [0.15, 0.2) is 6.61 Å². The normalized spacial score (nSPS) is 11.3. The van der Waals surface area contributed by atoms with Crippen LogP contribution in [0.25, 0.3) is 6.08 Å². The van der Waals surface area contributed by atoms with Crippen molar-refractivity contribution in [2.75, 3.05) is 6.61 Å². The Balaban J connectivity index is 3.16. The minimum absolute atomic E-state index is 0.0685. The van der Waals surface area contributed by atoms with Crippen molar-refractivity contribution in [2.24, 2.45) is 0 Å². The van der Waals surface area contributed by atoms with Gasteiger partial charge in [0.2, 0.25) is 0 Å². The molecular formula is C12H8F3NO3. The van der Waals surface area contributed by atoms with Gasteiger partial charge in [0.1, 0.15) is 11.8 Å². The lowest BCUT2D eigenvalue weighted by atomic mass is 10.1. The van der Waals surface area contributed by atoms with Gasteiger partial charge in [0, 0.05) is 6.08 Å². The Hall–Kier alpha value is -2.49. The van der Waals surface area contributed by atoms with E-state index < -0.39 is 30.1 Å². The molecule has 0 heterocycles. The Labute approximate surface area is 106 Å². The van der Waals surface area contributed by atoms with E-state index in [1.165, 1.54) is 6.07 Å². The number of hydrogen-bond donors (Lipinski definition) is 1. The van der Waals surface area contributed by atoms with Crippen LogP contribution in [0.5, 0.6) is 5.75 Å². The van der Waals surface area contributed by atoms with Crippen molar-refractivity contribution < 1.29 is 27.8 Å². The predicted octanol–water partition coefficient (Wildman–Crippen LogP) is 2.71. The fourth-order valence-electron chi connectivity index (χ4n) is 1.28. The summed E-state index contributed by atoms with van der Waals surface area (Å²) < 4.78 is 42.9. The summed E-state index contributed by atoms with van der Waals surface area (Å²) >= 11 is 0. The Kier molecular flexibility index (Phi) is 4.53. The highest BCUT2D eigenvalue weighted by Crippen LogP contribution is 2.37. The fraction of sp³-hybridized carbons (Fsp3) is 0.167. The molecule has 19 heavy (non-hydrogen) atoms. The first-order chi connectivity index (χ1) is 8.84. The van der Waals surface area contributed by atoms with Crippen LogP contribution >= 0.6 is 0 Å². The lowest BCUT2D eigenvalue weighted by Gasteiger charge is -2.13. The van der Waals surface area contributed by atoms with Crippen LogP contribution in [0.2, 0.25) is 0 Å². The molecule has 0 radical (unpaired) electrons. The summed E-state index contributed by atoms with van der Waals surface area (Å²) in [6, 6.07) is 4.63. The molecule has 0 fully saturated rings. The number of halogens is 3. The molecule has 0 saturated carbocycles. The van der Waals surface area contributed by atoms with E-state index in [9.17, 15) is 18.0 Å². The topological polar surface area (TPSA) is 70.3 Å². The van der Waals surface area contributed by atoms with Crippen molar-refractivity contribution in [3.63, 3.8) is 0 Å². The van der Waals surface area contributed by atoms with Crippen LogP contribution in [0.1, 0.15) is 11.1 Å². The van der Waals surface area contributed by atoms with Gasteiger partial charge < -0.3 is 9.84 Å². The maximum absolute atomic E-state index is 12.8. The molecule has 1 aromatic carbocycles. The molecule has 0 spiro atoms. The number of carboxylic acids is 1. The van der Waals surface area contributed by atoms with Crippen LogP contribution in [0.15, 0.2) is 24.3 Å². The van der Waals surface area contributed by atoms with Crippen LogP contribution in [-0.4, -0.2) is 17.7 Å². The largest absolute Gasteiger partial charge is 0.478 e. The third-order valence-electron chi connectivity index (χ3n) is 2.02. The second-order valence-electron chi connectivity index (χ2n) is 3.37. The van der Waals surface area contributed by atoms with Gasteiger partial charge in [-0.15, -0.1) is 0 Å². The zero-order chi connectivity index (χ0) is 14.5. The number of carboxylic acid groups (broad SMARTS) is 1. The molecule has 0 unspecified atom stereocenters.